The van der Waals surface area contributed by atoms with Gasteiger partial charge < -0.3 is 25.0 Å². The minimum absolute atomic E-state index is 0.289. The molecule has 0 saturated heterocycles. The normalized spacial score (nSPS) is 16.0. The van der Waals surface area contributed by atoms with Crippen LogP contribution in [0.2, 0.25) is 0 Å². The molecule has 0 aliphatic carbocycles. The zero-order valence-electron chi connectivity index (χ0n) is 18.8. The third-order valence-electron chi connectivity index (χ3n) is 5.15. The van der Waals surface area contributed by atoms with Gasteiger partial charge in [0.1, 0.15) is 5.75 Å². The summed E-state index contributed by atoms with van der Waals surface area (Å²) in [7, 11) is 3.15. The van der Waals surface area contributed by atoms with Gasteiger partial charge in [0.05, 0.1) is 24.8 Å². The van der Waals surface area contributed by atoms with Crippen molar-refractivity contribution in [1.29, 1.82) is 0 Å². The van der Waals surface area contributed by atoms with Gasteiger partial charge >= 0.3 is 12.0 Å². The number of ether oxygens (including phenoxy) is 2. The molecule has 2 N–H and O–H groups in total. The van der Waals surface area contributed by atoms with Gasteiger partial charge in [-0.2, -0.15) is 0 Å². The van der Waals surface area contributed by atoms with Crippen LogP contribution in [0.15, 0.2) is 59.8 Å². The molecule has 3 rings (SSSR count). The van der Waals surface area contributed by atoms with Crippen molar-refractivity contribution in [3.05, 3.63) is 70.9 Å². The van der Waals surface area contributed by atoms with E-state index in [1.165, 1.54) is 4.90 Å². The van der Waals surface area contributed by atoms with Crippen LogP contribution in [-0.2, 0) is 9.53 Å². The summed E-state index contributed by atoms with van der Waals surface area (Å²) in [6.07, 6.45) is -0.304. The molecule has 1 aliphatic heterocycles. The van der Waals surface area contributed by atoms with Crippen LogP contribution < -0.4 is 15.4 Å². The highest BCUT2D eigenvalue weighted by molar-refractivity contribution is 6.04. The maximum atomic E-state index is 12.8. The Morgan fingerprint density at radius 1 is 1.12 bits per heavy atom. The second kappa shape index (κ2) is 9.55. The first-order valence-electron chi connectivity index (χ1n) is 10.2. The van der Waals surface area contributed by atoms with Crippen molar-refractivity contribution < 1.29 is 23.9 Å². The lowest BCUT2D eigenvalue weighted by Gasteiger charge is -2.33. The zero-order valence-corrected chi connectivity index (χ0v) is 18.8. The van der Waals surface area contributed by atoms with Gasteiger partial charge in [-0.25, -0.2) is 9.59 Å². The van der Waals surface area contributed by atoms with E-state index in [4.69, 9.17) is 9.47 Å². The standard InChI is InChI=1S/C24H27N3O5/c1-14(2)32-23(29)20-15(3)27(4)24(30)26-21(20)17-7-6-8-18(13-17)25-22(28)16-9-11-19(31-5)12-10-16/h6-14,21H,1-5H3,(H,25,28)(H,26,30)/t21-/m0/s1. The minimum atomic E-state index is -0.706. The summed E-state index contributed by atoms with van der Waals surface area (Å²) < 4.78 is 10.5. The van der Waals surface area contributed by atoms with Crippen molar-refractivity contribution >= 4 is 23.6 Å². The lowest BCUT2D eigenvalue weighted by atomic mass is 9.94. The van der Waals surface area contributed by atoms with Crippen LogP contribution in [0.25, 0.3) is 0 Å². The van der Waals surface area contributed by atoms with Crippen LogP contribution >= 0.6 is 0 Å². The number of nitrogens with one attached hydrogen (secondary N) is 2. The SMILES string of the molecule is COc1ccc(C(=O)Nc2cccc([C@@H]3NC(=O)N(C)C(C)=C3C(=O)OC(C)C)c2)cc1. The molecular formula is C24H27N3O5. The highest BCUT2D eigenvalue weighted by Gasteiger charge is 2.35. The highest BCUT2D eigenvalue weighted by atomic mass is 16.5. The molecule has 8 heteroatoms. The van der Waals surface area contributed by atoms with Crippen LogP contribution in [0.3, 0.4) is 0 Å². The molecule has 8 nitrogen and oxygen atoms in total. The van der Waals surface area contributed by atoms with Crippen molar-refractivity contribution in [2.24, 2.45) is 0 Å². The first kappa shape index (κ1) is 22.9. The second-order valence-electron chi connectivity index (χ2n) is 7.70. The Bertz CT molecular complexity index is 1060. The number of allylic oxidation sites excluding steroid dienone is 1. The second-order valence-corrected chi connectivity index (χ2v) is 7.70. The Morgan fingerprint density at radius 3 is 2.44 bits per heavy atom. The molecule has 1 aliphatic rings. The Kier molecular flexibility index (Phi) is 6.82. The minimum Gasteiger partial charge on any atom is -0.497 e. The summed E-state index contributed by atoms with van der Waals surface area (Å²) in [6, 6.07) is 12.7. The number of carbonyl (C=O) groups excluding carboxylic acids is 3. The van der Waals surface area contributed by atoms with Crippen LogP contribution in [0.1, 0.15) is 42.7 Å². The number of hydrogen-bond acceptors (Lipinski definition) is 5. The zero-order chi connectivity index (χ0) is 23.4. The van der Waals surface area contributed by atoms with Gasteiger partial charge in [0, 0.05) is 24.0 Å². The molecule has 168 valence electrons. The molecule has 32 heavy (non-hydrogen) atoms. The topological polar surface area (TPSA) is 97.0 Å². The van der Waals surface area contributed by atoms with Gasteiger partial charge in [-0.05, 0) is 62.7 Å². The summed E-state index contributed by atoms with van der Waals surface area (Å²) in [4.78, 5) is 39.3. The van der Waals surface area contributed by atoms with Gasteiger partial charge in [-0.1, -0.05) is 12.1 Å². The molecule has 3 amide bonds. The average molecular weight is 437 g/mol. The quantitative estimate of drug-likeness (QED) is 0.669. The van der Waals surface area contributed by atoms with Crippen molar-refractivity contribution in [2.45, 2.75) is 32.9 Å². The van der Waals surface area contributed by atoms with E-state index in [0.29, 0.717) is 33.8 Å². The first-order chi connectivity index (χ1) is 15.2. The Balaban J connectivity index is 1.89. The fourth-order valence-electron chi connectivity index (χ4n) is 3.37. The molecular weight excluding hydrogens is 410 g/mol. The molecule has 0 bridgehead atoms. The molecule has 2 aromatic rings. The van der Waals surface area contributed by atoms with Gasteiger partial charge in [0.15, 0.2) is 0 Å². The summed E-state index contributed by atoms with van der Waals surface area (Å²) in [5.74, 6) is -0.130. The fourth-order valence-corrected chi connectivity index (χ4v) is 3.37. The number of rotatable bonds is 6. The molecule has 1 heterocycles. The van der Waals surface area contributed by atoms with E-state index in [0.717, 1.165) is 0 Å². The van der Waals surface area contributed by atoms with Gasteiger partial charge in [-0.15, -0.1) is 0 Å². The van der Waals surface area contributed by atoms with E-state index in [9.17, 15) is 14.4 Å². The molecule has 0 unspecified atom stereocenters. The molecule has 2 aromatic carbocycles. The van der Waals surface area contributed by atoms with Crippen molar-refractivity contribution in [3.63, 3.8) is 0 Å². The summed E-state index contributed by atoms with van der Waals surface area (Å²) >= 11 is 0. The Hall–Kier alpha value is -3.81. The predicted molar refractivity (Wildman–Crippen MR) is 120 cm³/mol. The number of nitrogens with zero attached hydrogens (tertiary/aromatic N) is 1. The van der Waals surface area contributed by atoms with E-state index in [2.05, 4.69) is 10.6 Å². The van der Waals surface area contributed by atoms with Gasteiger partial charge in [-0.3, -0.25) is 4.79 Å². The molecule has 0 radical (unpaired) electrons. The predicted octanol–water partition coefficient (Wildman–Crippen LogP) is 3.87. The van der Waals surface area contributed by atoms with E-state index < -0.39 is 12.0 Å². The van der Waals surface area contributed by atoms with Crippen LogP contribution in [0.4, 0.5) is 10.5 Å². The van der Waals surface area contributed by atoms with Crippen LogP contribution in [0, 0.1) is 0 Å². The van der Waals surface area contributed by atoms with Crippen molar-refractivity contribution in [1.82, 2.24) is 10.2 Å². The lowest BCUT2D eigenvalue weighted by Crippen LogP contribution is -2.46. The Morgan fingerprint density at radius 2 is 1.81 bits per heavy atom. The molecule has 1 atom stereocenters. The number of hydrogen-bond donors (Lipinski definition) is 2. The molecule has 0 spiro atoms. The van der Waals surface area contributed by atoms with Crippen LogP contribution in [0.5, 0.6) is 5.75 Å². The highest BCUT2D eigenvalue weighted by Crippen LogP contribution is 2.32. The maximum absolute atomic E-state index is 12.8. The number of carbonyl (C=O) groups is 3. The van der Waals surface area contributed by atoms with E-state index in [1.54, 1.807) is 83.5 Å². The lowest BCUT2D eigenvalue weighted by molar-refractivity contribution is -0.143. The van der Waals surface area contributed by atoms with Crippen molar-refractivity contribution in [3.8, 4) is 5.75 Å². The van der Waals surface area contributed by atoms with Crippen molar-refractivity contribution in [2.75, 3.05) is 19.5 Å². The fraction of sp³-hybridized carbons (Fsp3) is 0.292. The van der Waals surface area contributed by atoms with Gasteiger partial charge in [0.2, 0.25) is 0 Å². The third-order valence-corrected chi connectivity index (χ3v) is 5.15. The smallest absolute Gasteiger partial charge is 0.338 e. The van der Waals surface area contributed by atoms with Crippen LogP contribution in [-0.4, -0.2) is 43.1 Å². The number of anilines is 1. The van der Waals surface area contributed by atoms with Gasteiger partial charge in [0.25, 0.3) is 5.91 Å². The number of esters is 1. The number of urea groups is 1. The summed E-state index contributed by atoms with van der Waals surface area (Å²) in [5.41, 5.74) is 2.51. The van der Waals surface area contributed by atoms with E-state index in [1.807, 2.05) is 0 Å². The number of amides is 3. The molecule has 0 fully saturated rings. The third kappa shape index (κ3) is 4.91. The maximum Gasteiger partial charge on any atom is 0.338 e. The number of benzene rings is 2. The molecule has 0 saturated carbocycles. The largest absolute Gasteiger partial charge is 0.497 e. The van der Waals surface area contributed by atoms with E-state index >= 15 is 0 Å². The Labute approximate surface area is 187 Å². The number of methoxy groups -OCH3 is 1. The summed E-state index contributed by atoms with van der Waals surface area (Å²) in [5, 5.41) is 5.69. The monoisotopic (exact) mass is 437 g/mol. The molecule has 0 aromatic heterocycles. The summed E-state index contributed by atoms with van der Waals surface area (Å²) in [6.45, 7) is 5.24. The van der Waals surface area contributed by atoms with E-state index in [-0.39, 0.29) is 18.0 Å². The average Bonchev–Trinajstić information content (AvgIpc) is 2.76. The first-order valence-corrected chi connectivity index (χ1v) is 10.2.